The van der Waals surface area contributed by atoms with Crippen LogP contribution in [0.1, 0.15) is 17.7 Å². The zero-order valence-electron chi connectivity index (χ0n) is 10.6. The van der Waals surface area contributed by atoms with E-state index < -0.39 is 0 Å². The van der Waals surface area contributed by atoms with Crippen molar-refractivity contribution in [1.82, 2.24) is 4.90 Å². The summed E-state index contributed by atoms with van der Waals surface area (Å²) in [5, 5.41) is 2.05. The predicted octanol–water partition coefficient (Wildman–Crippen LogP) is 1.90. The van der Waals surface area contributed by atoms with E-state index in [-0.39, 0.29) is 12.1 Å². The minimum Gasteiger partial charge on any atom is -0.468 e. The van der Waals surface area contributed by atoms with Crippen molar-refractivity contribution in [2.45, 2.75) is 25.5 Å². The number of methoxy groups -OCH3 is 1. The Morgan fingerprint density at radius 2 is 2.56 bits per heavy atom. The van der Waals surface area contributed by atoms with Gasteiger partial charge in [-0.1, -0.05) is 6.07 Å². The molecule has 1 saturated heterocycles. The van der Waals surface area contributed by atoms with E-state index in [0.29, 0.717) is 6.54 Å². The number of thiophene rings is 1. The number of esters is 1. The van der Waals surface area contributed by atoms with E-state index in [1.165, 1.54) is 12.0 Å². The Hall–Kier alpha value is -0.910. The molecule has 1 fully saturated rings. The van der Waals surface area contributed by atoms with Crippen LogP contribution in [-0.4, -0.2) is 43.8 Å². The maximum Gasteiger partial charge on any atom is 0.319 e. The highest BCUT2D eigenvalue weighted by Crippen LogP contribution is 2.17. The van der Waals surface area contributed by atoms with Gasteiger partial charge in [-0.05, 0) is 24.3 Å². The largest absolute Gasteiger partial charge is 0.468 e. The van der Waals surface area contributed by atoms with Crippen molar-refractivity contribution in [2.75, 3.05) is 26.8 Å². The second kappa shape index (κ2) is 6.87. The molecule has 1 unspecified atom stereocenters. The summed E-state index contributed by atoms with van der Waals surface area (Å²) >= 11 is 1.71. The highest BCUT2D eigenvalue weighted by molar-refractivity contribution is 7.09. The van der Waals surface area contributed by atoms with Crippen molar-refractivity contribution in [2.24, 2.45) is 0 Å². The molecule has 4 nitrogen and oxygen atoms in total. The quantitative estimate of drug-likeness (QED) is 0.739. The monoisotopic (exact) mass is 269 g/mol. The van der Waals surface area contributed by atoms with Crippen LogP contribution in [0.4, 0.5) is 0 Å². The van der Waals surface area contributed by atoms with E-state index in [1.807, 2.05) is 6.07 Å². The molecule has 0 saturated carbocycles. The number of carbonyl (C=O) groups is 1. The number of ether oxygens (including phenoxy) is 2. The van der Waals surface area contributed by atoms with Crippen molar-refractivity contribution in [3.63, 3.8) is 0 Å². The van der Waals surface area contributed by atoms with Crippen LogP contribution in [0, 0.1) is 0 Å². The lowest BCUT2D eigenvalue weighted by Crippen LogP contribution is -2.36. The Balaban J connectivity index is 1.90. The lowest BCUT2D eigenvalue weighted by Gasteiger charge is -2.23. The Kier molecular flexibility index (Phi) is 5.16. The first kappa shape index (κ1) is 13.5. The predicted molar refractivity (Wildman–Crippen MR) is 70.6 cm³/mol. The van der Waals surface area contributed by atoms with Crippen LogP contribution in [0.3, 0.4) is 0 Å². The Labute approximate surface area is 111 Å². The van der Waals surface area contributed by atoms with Crippen LogP contribution >= 0.6 is 11.3 Å². The van der Waals surface area contributed by atoms with Gasteiger partial charge in [-0.15, -0.1) is 11.3 Å². The van der Waals surface area contributed by atoms with Crippen molar-refractivity contribution in [3.05, 3.63) is 22.4 Å². The van der Waals surface area contributed by atoms with Crippen LogP contribution < -0.4 is 0 Å². The molecule has 5 heteroatoms. The third kappa shape index (κ3) is 4.08. The second-order valence-electron chi connectivity index (χ2n) is 4.46. The zero-order chi connectivity index (χ0) is 12.8. The molecule has 0 radical (unpaired) electrons. The summed E-state index contributed by atoms with van der Waals surface area (Å²) < 4.78 is 10.4. The van der Waals surface area contributed by atoms with Crippen molar-refractivity contribution in [3.8, 4) is 0 Å². The molecule has 1 aliphatic heterocycles. The minimum absolute atomic E-state index is 0.190. The highest BCUT2D eigenvalue weighted by atomic mass is 32.1. The van der Waals surface area contributed by atoms with Crippen LogP contribution in [0.5, 0.6) is 0 Å². The smallest absolute Gasteiger partial charge is 0.319 e. The first-order valence-corrected chi connectivity index (χ1v) is 7.09. The highest BCUT2D eigenvalue weighted by Gasteiger charge is 2.21. The molecule has 0 N–H and O–H groups in total. The maximum atomic E-state index is 11.4. The SMILES string of the molecule is COC(=O)CN(Cc1cccs1)CC1CCCO1. The van der Waals surface area contributed by atoms with Gasteiger partial charge in [0.1, 0.15) is 0 Å². The van der Waals surface area contributed by atoms with Gasteiger partial charge in [0.05, 0.1) is 19.8 Å². The Morgan fingerprint density at radius 3 is 3.17 bits per heavy atom. The first-order valence-electron chi connectivity index (χ1n) is 6.21. The average Bonchev–Trinajstić information content (AvgIpc) is 3.02. The zero-order valence-corrected chi connectivity index (χ0v) is 11.4. The third-order valence-corrected chi connectivity index (χ3v) is 3.89. The molecule has 100 valence electrons. The number of rotatable bonds is 6. The molecular weight excluding hydrogens is 250 g/mol. The average molecular weight is 269 g/mol. The van der Waals surface area contributed by atoms with Gasteiger partial charge in [0.15, 0.2) is 0 Å². The molecule has 1 aromatic rings. The molecule has 0 bridgehead atoms. The van der Waals surface area contributed by atoms with E-state index >= 15 is 0 Å². The van der Waals surface area contributed by atoms with E-state index in [0.717, 1.165) is 32.5 Å². The van der Waals surface area contributed by atoms with E-state index in [1.54, 1.807) is 11.3 Å². The molecule has 0 spiro atoms. The summed E-state index contributed by atoms with van der Waals surface area (Å²) in [6.07, 6.45) is 2.47. The number of hydrogen-bond donors (Lipinski definition) is 0. The van der Waals surface area contributed by atoms with Gasteiger partial charge in [-0.25, -0.2) is 0 Å². The molecular formula is C13H19NO3S. The molecule has 0 amide bonds. The fourth-order valence-corrected chi connectivity index (χ4v) is 2.88. The third-order valence-electron chi connectivity index (χ3n) is 3.03. The van der Waals surface area contributed by atoms with Crippen molar-refractivity contribution in [1.29, 1.82) is 0 Å². The molecule has 0 aromatic carbocycles. The Bertz CT molecular complexity index is 360. The second-order valence-corrected chi connectivity index (χ2v) is 5.49. The van der Waals surface area contributed by atoms with Gasteiger partial charge in [-0.3, -0.25) is 9.69 Å². The topological polar surface area (TPSA) is 38.8 Å². The van der Waals surface area contributed by atoms with Crippen molar-refractivity contribution < 1.29 is 14.3 Å². The first-order chi connectivity index (χ1) is 8.78. The lowest BCUT2D eigenvalue weighted by atomic mass is 10.2. The minimum atomic E-state index is -0.190. The van der Waals surface area contributed by atoms with E-state index in [9.17, 15) is 4.79 Å². The summed E-state index contributed by atoms with van der Waals surface area (Å²) in [7, 11) is 1.43. The Morgan fingerprint density at radius 1 is 1.67 bits per heavy atom. The van der Waals surface area contributed by atoms with Gasteiger partial charge in [-0.2, -0.15) is 0 Å². The van der Waals surface area contributed by atoms with Gasteiger partial charge in [0.2, 0.25) is 0 Å². The van der Waals surface area contributed by atoms with E-state index in [2.05, 4.69) is 16.3 Å². The summed E-state index contributed by atoms with van der Waals surface area (Å²) in [6, 6.07) is 4.12. The summed E-state index contributed by atoms with van der Waals surface area (Å²) in [5.74, 6) is -0.190. The normalized spacial score (nSPS) is 19.3. The van der Waals surface area contributed by atoms with Gasteiger partial charge in [0.25, 0.3) is 0 Å². The molecule has 18 heavy (non-hydrogen) atoms. The fraction of sp³-hybridized carbons (Fsp3) is 0.615. The summed E-state index contributed by atoms with van der Waals surface area (Å²) in [5.41, 5.74) is 0. The van der Waals surface area contributed by atoms with Gasteiger partial charge >= 0.3 is 5.97 Å². The van der Waals surface area contributed by atoms with Crippen LogP contribution in [0.15, 0.2) is 17.5 Å². The molecule has 1 aromatic heterocycles. The lowest BCUT2D eigenvalue weighted by molar-refractivity contribution is -0.142. The fourth-order valence-electron chi connectivity index (χ4n) is 2.13. The standard InChI is InChI=1S/C13H19NO3S/c1-16-13(15)10-14(8-11-4-2-6-17-11)9-12-5-3-7-18-12/h3,5,7,11H,2,4,6,8-10H2,1H3. The van der Waals surface area contributed by atoms with Crippen molar-refractivity contribution >= 4 is 17.3 Å². The van der Waals surface area contributed by atoms with Gasteiger partial charge < -0.3 is 9.47 Å². The molecule has 1 atom stereocenters. The summed E-state index contributed by atoms with van der Waals surface area (Å²) in [4.78, 5) is 14.8. The molecule has 1 aliphatic rings. The number of hydrogen-bond acceptors (Lipinski definition) is 5. The molecule has 2 heterocycles. The van der Waals surface area contributed by atoms with Crippen LogP contribution in [0.25, 0.3) is 0 Å². The maximum absolute atomic E-state index is 11.4. The van der Waals surface area contributed by atoms with E-state index in [4.69, 9.17) is 9.47 Å². The summed E-state index contributed by atoms with van der Waals surface area (Å²) in [6.45, 7) is 2.75. The molecule has 2 rings (SSSR count). The number of carbonyl (C=O) groups excluding carboxylic acids is 1. The molecule has 0 aliphatic carbocycles. The van der Waals surface area contributed by atoms with Gasteiger partial charge in [0, 0.05) is 24.6 Å². The van der Waals surface area contributed by atoms with Crippen LogP contribution in [-0.2, 0) is 20.8 Å². The number of nitrogens with zero attached hydrogens (tertiary/aromatic N) is 1. The van der Waals surface area contributed by atoms with Crippen LogP contribution in [0.2, 0.25) is 0 Å².